The number of aryl methyl sites for hydroxylation is 1. The number of Topliss-reactive ketones (excluding diaryl/α,β-unsaturated/α-hetero) is 1. The molecule has 5 heteroatoms. The molecule has 0 aliphatic heterocycles. The Hall–Kier alpha value is -0.680. The van der Waals surface area contributed by atoms with Crippen LogP contribution in [0.2, 0.25) is 0 Å². The predicted molar refractivity (Wildman–Crippen MR) is 78.9 cm³/mol. The molecule has 1 N–H and O–H groups in total. The molecule has 1 aromatic rings. The Labute approximate surface area is 125 Å². The van der Waals surface area contributed by atoms with Crippen molar-refractivity contribution >= 4 is 39.0 Å². The van der Waals surface area contributed by atoms with E-state index in [1.807, 2.05) is 13.0 Å². The molecule has 0 bridgehead atoms. The summed E-state index contributed by atoms with van der Waals surface area (Å²) >= 11 is 4.94. The first-order valence-corrected chi connectivity index (χ1v) is 8.04. The molecule has 1 fully saturated rings. The van der Waals surface area contributed by atoms with Gasteiger partial charge in [0.1, 0.15) is 0 Å². The molecule has 1 aromatic heterocycles. The Morgan fingerprint density at radius 3 is 2.47 bits per heavy atom. The number of carbonyl (C=O) groups is 2. The summed E-state index contributed by atoms with van der Waals surface area (Å²) in [7, 11) is 0. The van der Waals surface area contributed by atoms with Gasteiger partial charge in [-0.15, -0.1) is 11.3 Å². The molecule has 1 aliphatic carbocycles. The number of halogens is 1. The van der Waals surface area contributed by atoms with Crippen molar-refractivity contribution in [1.29, 1.82) is 0 Å². The first-order chi connectivity index (χ1) is 8.92. The van der Waals surface area contributed by atoms with Gasteiger partial charge in [-0.05, 0) is 47.2 Å². The molecule has 0 radical (unpaired) electrons. The smallest absolute Gasteiger partial charge is 0.303 e. The van der Waals surface area contributed by atoms with Crippen LogP contribution in [0, 0.1) is 12.3 Å². The van der Waals surface area contributed by atoms with Gasteiger partial charge in [-0.3, -0.25) is 9.59 Å². The normalized spacial score (nSPS) is 17.6. The topological polar surface area (TPSA) is 54.4 Å². The molecule has 0 amide bonds. The molecule has 0 spiro atoms. The van der Waals surface area contributed by atoms with E-state index < -0.39 is 5.97 Å². The van der Waals surface area contributed by atoms with Crippen LogP contribution in [-0.2, 0) is 4.79 Å². The number of carbonyl (C=O) groups excluding carboxylic acids is 1. The average molecular weight is 345 g/mol. The zero-order valence-electron chi connectivity index (χ0n) is 10.9. The fourth-order valence-electron chi connectivity index (χ4n) is 3.02. The molecule has 1 aliphatic rings. The lowest BCUT2D eigenvalue weighted by molar-refractivity contribution is -0.139. The molecule has 0 atom stereocenters. The lowest BCUT2D eigenvalue weighted by Crippen LogP contribution is -2.24. The fourth-order valence-corrected chi connectivity index (χ4v) is 4.73. The number of carboxylic acids is 1. The van der Waals surface area contributed by atoms with Crippen LogP contribution in [0.3, 0.4) is 0 Å². The van der Waals surface area contributed by atoms with Gasteiger partial charge in [0.25, 0.3) is 0 Å². The minimum Gasteiger partial charge on any atom is -0.481 e. The molecule has 0 aromatic carbocycles. The second-order valence-electron chi connectivity index (χ2n) is 5.40. The van der Waals surface area contributed by atoms with Crippen molar-refractivity contribution in [2.75, 3.05) is 0 Å². The van der Waals surface area contributed by atoms with Crippen LogP contribution in [0.25, 0.3) is 0 Å². The number of hydrogen-bond donors (Lipinski definition) is 1. The molecule has 0 saturated heterocycles. The third-order valence-corrected chi connectivity index (χ3v) is 5.47. The third-order valence-electron chi connectivity index (χ3n) is 3.91. The van der Waals surface area contributed by atoms with E-state index in [1.54, 1.807) is 11.3 Å². The van der Waals surface area contributed by atoms with Gasteiger partial charge >= 0.3 is 5.97 Å². The second-order valence-corrected chi connectivity index (χ2v) is 8.03. The molecule has 3 nitrogen and oxygen atoms in total. The van der Waals surface area contributed by atoms with Crippen molar-refractivity contribution in [3.8, 4) is 0 Å². The van der Waals surface area contributed by atoms with E-state index in [2.05, 4.69) is 15.9 Å². The average Bonchev–Trinajstić information content (AvgIpc) is 2.85. The number of rotatable bonds is 5. The van der Waals surface area contributed by atoms with E-state index in [4.69, 9.17) is 5.11 Å². The third kappa shape index (κ3) is 3.45. The number of carboxylic acid groups (broad SMARTS) is 1. The minimum absolute atomic E-state index is 0.0857. The van der Waals surface area contributed by atoms with Crippen LogP contribution in [0.4, 0.5) is 0 Å². The zero-order chi connectivity index (χ0) is 14.0. The highest BCUT2D eigenvalue weighted by Gasteiger charge is 2.38. The van der Waals surface area contributed by atoms with Gasteiger partial charge in [0, 0.05) is 16.9 Å². The van der Waals surface area contributed by atoms with Gasteiger partial charge in [0.2, 0.25) is 0 Å². The molecular formula is C14H17BrO3S. The van der Waals surface area contributed by atoms with Crippen LogP contribution in [0.15, 0.2) is 9.85 Å². The highest BCUT2D eigenvalue weighted by molar-refractivity contribution is 9.11. The van der Waals surface area contributed by atoms with Crippen molar-refractivity contribution in [2.24, 2.45) is 5.41 Å². The summed E-state index contributed by atoms with van der Waals surface area (Å²) in [4.78, 5) is 24.4. The van der Waals surface area contributed by atoms with Crippen molar-refractivity contribution in [1.82, 2.24) is 0 Å². The van der Waals surface area contributed by atoms with E-state index in [1.165, 1.54) is 0 Å². The Kier molecular flexibility index (Phi) is 4.46. The van der Waals surface area contributed by atoms with E-state index in [-0.39, 0.29) is 17.6 Å². The standard InChI is InChI=1S/C14H17BrO3S/c1-9-10(6-12(15)19-9)11(16)7-14(8-13(17)18)4-2-3-5-14/h6H,2-5,7-8H2,1H3,(H,17,18). The first-order valence-electron chi connectivity index (χ1n) is 6.43. The summed E-state index contributed by atoms with van der Waals surface area (Å²) in [6.45, 7) is 1.93. The zero-order valence-corrected chi connectivity index (χ0v) is 13.3. The SMILES string of the molecule is Cc1sc(Br)cc1C(=O)CC1(CC(=O)O)CCCC1. The highest BCUT2D eigenvalue weighted by atomic mass is 79.9. The van der Waals surface area contributed by atoms with Gasteiger partial charge in [0.05, 0.1) is 10.2 Å². The molecule has 1 heterocycles. The van der Waals surface area contributed by atoms with Gasteiger partial charge in [-0.25, -0.2) is 0 Å². The Morgan fingerprint density at radius 1 is 1.37 bits per heavy atom. The maximum Gasteiger partial charge on any atom is 0.303 e. The first kappa shape index (κ1) is 14.7. The Morgan fingerprint density at radius 2 is 2.00 bits per heavy atom. The summed E-state index contributed by atoms with van der Waals surface area (Å²) < 4.78 is 0.951. The van der Waals surface area contributed by atoms with Gasteiger partial charge in [-0.1, -0.05) is 12.8 Å². The summed E-state index contributed by atoms with van der Waals surface area (Å²) in [6.07, 6.45) is 4.26. The Bertz CT molecular complexity index is 501. The summed E-state index contributed by atoms with van der Waals surface area (Å²) in [5, 5.41) is 9.06. The van der Waals surface area contributed by atoms with Crippen molar-refractivity contribution < 1.29 is 14.7 Å². The Balaban J connectivity index is 2.15. The minimum atomic E-state index is -0.794. The fraction of sp³-hybridized carbons (Fsp3) is 0.571. The highest BCUT2D eigenvalue weighted by Crippen LogP contribution is 2.45. The molecule has 1 saturated carbocycles. The van der Waals surface area contributed by atoms with Crippen molar-refractivity contribution in [2.45, 2.75) is 45.4 Å². The van der Waals surface area contributed by atoms with Crippen LogP contribution in [0.1, 0.15) is 53.8 Å². The van der Waals surface area contributed by atoms with E-state index >= 15 is 0 Å². The van der Waals surface area contributed by atoms with E-state index in [9.17, 15) is 9.59 Å². The summed E-state index contributed by atoms with van der Waals surface area (Å²) in [5.41, 5.74) is 0.428. The van der Waals surface area contributed by atoms with Crippen LogP contribution in [-0.4, -0.2) is 16.9 Å². The van der Waals surface area contributed by atoms with Crippen LogP contribution in [0.5, 0.6) is 0 Å². The molecule has 2 rings (SSSR count). The summed E-state index contributed by atoms with van der Waals surface area (Å²) in [6, 6.07) is 1.85. The number of thiophene rings is 1. The summed E-state index contributed by atoms with van der Waals surface area (Å²) in [5.74, 6) is -0.708. The molecular weight excluding hydrogens is 328 g/mol. The van der Waals surface area contributed by atoms with Crippen LogP contribution < -0.4 is 0 Å². The van der Waals surface area contributed by atoms with Crippen molar-refractivity contribution in [3.63, 3.8) is 0 Å². The maximum atomic E-state index is 12.4. The lowest BCUT2D eigenvalue weighted by Gasteiger charge is -2.26. The molecule has 19 heavy (non-hydrogen) atoms. The van der Waals surface area contributed by atoms with Gasteiger partial charge in [-0.2, -0.15) is 0 Å². The lowest BCUT2D eigenvalue weighted by atomic mass is 9.77. The number of aliphatic carboxylic acids is 1. The van der Waals surface area contributed by atoms with Crippen LogP contribution >= 0.6 is 27.3 Å². The molecule has 0 unspecified atom stereocenters. The van der Waals surface area contributed by atoms with E-state index in [0.717, 1.165) is 39.9 Å². The predicted octanol–water partition coefficient (Wildman–Crippen LogP) is 4.43. The molecule has 104 valence electrons. The maximum absolute atomic E-state index is 12.4. The number of hydrogen-bond acceptors (Lipinski definition) is 3. The van der Waals surface area contributed by atoms with Gasteiger partial charge in [0.15, 0.2) is 5.78 Å². The van der Waals surface area contributed by atoms with Gasteiger partial charge < -0.3 is 5.11 Å². The van der Waals surface area contributed by atoms with E-state index in [0.29, 0.717) is 6.42 Å². The largest absolute Gasteiger partial charge is 0.481 e. The quantitative estimate of drug-likeness (QED) is 0.804. The van der Waals surface area contributed by atoms with Crippen molar-refractivity contribution in [3.05, 3.63) is 20.3 Å². The second kappa shape index (κ2) is 5.75. The monoisotopic (exact) mass is 344 g/mol. The number of ketones is 1.